The molecule has 0 radical (unpaired) electrons. The Kier molecular flexibility index (Phi) is 88.5. The van der Waals surface area contributed by atoms with Crippen molar-refractivity contribution in [2.24, 2.45) is 0 Å². The van der Waals surface area contributed by atoms with Gasteiger partial charge in [-0.1, -0.05) is 406 Å². The number of aliphatic hydroxyl groups is 2. The van der Waals surface area contributed by atoms with Gasteiger partial charge >= 0.3 is 33.6 Å². The van der Waals surface area contributed by atoms with Crippen LogP contribution in [0.25, 0.3) is 0 Å². The lowest BCUT2D eigenvalue weighted by molar-refractivity contribution is -0.161. The molecule has 0 aromatic carbocycles. The molecule has 5 atom stereocenters. The molecule has 0 aliphatic carbocycles. The van der Waals surface area contributed by atoms with Crippen molar-refractivity contribution >= 4 is 33.6 Å². The number of rotatable bonds is 92. The van der Waals surface area contributed by atoms with Gasteiger partial charge in [-0.3, -0.25) is 32.5 Å². The van der Waals surface area contributed by atoms with Crippen LogP contribution in [0.4, 0.5) is 0 Å². The summed E-state index contributed by atoms with van der Waals surface area (Å²) in [5.41, 5.74) is 0. The van der Waals surface area contributed by atoms with E-state index in [0.29, 0.717) is 19.3 Å². The fraction of sp³-hybridized carbons (Fsp3) is 0.788. The molecular formula is C99H178O16P2. The van der Waals surface area contributed by atoms with E-state index in [0.717, 1.165) is 116 Å². The molecule has 0 aromatic heterocycles. The molecule has 0 fully saturated rings. The third kappa shape index (κ3) is 92.8. The van der Waals surface area contributed by atoms with E-state index >= 15 is 0 Å². The van der Waals surface area contributed by atoms with Crippen molar-refractivity contribution in [3.63, 3.8) is 0 Å². The predicted octanol–water partition coefficient (Wildman–Crippen LogP) is 29.8. The Labute approximate surface area is 717 Å². The summed E-state index contributed by atoms with van der Waals surface area (Å²) in [7, 11) is -9.79. The number of ether oxygens (including phenoxy) is 3. The molecule has 117 heavy (non-hydrogen) atoms. The van der Waals surface area contributed by atoms with Gasteiger partial charge in [0, 0.05) is 19.3 Å². The summed E-state index contributed by atoms with van der Waals surface area (Å²) in [6.45, 7) is 2.65. The summed E-state index contributed by atoms with van der Waals surface area (Å²) in [5.74, 6) is -1.56. The highest BCUT2D eigenvalue weighted by Gasteiger charge is 2.30. The summed E-state index contributed by atoms with van der Waals surface area (Å²) in [4.78, 5) is 58.8. The third-order valence-corrected chi connectivity index (χ3v) is 22.8. The van der Waals surface area contributed by atoms with E-state index in [1.54, 1.807) is 0 Å². The summed E-state index contributed by atoms with van der Waals surface area (Å²) < 4.78 is 61.3. The minimum Gasteiger partial charge on any atom is -0.463 e. The van der Waals surface area contributed by atoms with Gasteiger partial charge in [0.1, 0.15) is 25.4 Å². The topological polar surface area (TPSA) is 231 Å². The molecule has 18 heteroatoms. The van der Waals surface area contributed by atoms with Crippen LogP contribution in [0.5, 0.6) is 0 Å². The smallest absolute Gasteiger partial charge is 0.463 e. The Morgan fingerprint density at radius 2 is 0.436 bits per heavy atom. The van der Waals surface area contributed by atoms with E-state index in [4.69, 9.17) is 32.3 Å². The lowest BCUT2D eigenvalue weighted by atomic mass is 10.0. The Morgan fingerprint density at radius 1 is 0.239 bits per heavy atom. The van der Waals surface area contributed by atoms with Crippen molar-refractivity contribution in [1.29, 1.82) is 0 Å². The van der Waals surface area contributed by atoms with Gasteiger partial charge in [-0.05, 0) is 128 Å². The van der Waals surface area contributed by atoms with E-state index in [1.165, 1.54) is 270 Å². The highest BCUT2D eigenvalue weighted by Crippen LogP contribution is 2.45. The van der Waals surface area contributed by atoms with E-state index in [1.807, 2.05) is 0 Å². The second kappa shape index (κ2) is 91.4. The second-order valence-electron chi connectivity index (χ2n) is 32.5. The van der Waals surface area contributed by atoms with Crippen molar-refractivity contribution in [2.75, 3.05) is 39.6 Å². The highest BCUT2D eigenvalue weighted by molar-refractivity contribution is 7.47. The van der Waals surface area contributed by atoms with Crippen LogP contribution in [0, 0.1) is 0 Å². The zero-order chi connectivity index (χ0) is 85.1. The average molecular weight is 1690 g/mol. The van der Waals surface area contributed by atoms with Crippen LogP contribution in [0.15, 0.2) is 109 Å². The van der Waals surface area contributed by atoms with Gasteiger partial charge in [-0.25, -0.2) is 9.13 Å². The molecule has 0 saturated carbocycles. The van der Waals surface area contributed by atoms with Crippen molar-refractivity contribution in [1.82, 2.24) is 0 Å². The van der Waals surface area contributed by atoms with Crippen LogP contribution < -0.4 is 0 Å². The second-order valence-corrected chi connectivity index (χ2v) is 35.4. The van der Waals surface area contributed by atoms with Crippen LogP contribution in [0.2, 0.25) is 0 Å². The maximum absolute atomic E-state index is 13.0. The lowest BCUT2D eigenvalue weighted by Gasteiger charge is -2.21. The Bertz CT molecular complexity index is 2560. The quantitative estimate of drug-likeness (QED) is 0.0146. The van der Waals surface area contributed by atoms with Gasteiger partial charge in [-0.2, -0.15) is 0 Å². The van der Waals surface area contributed by atoms with Gasteiger partial charge in [0.15, 0.2) is 6.10 Å². The van der Waals surface area contributed by atoms with Crippen molar-refractivity contribution in [3.8, 4) is 0 Å². The van der Waals surface area contributed by atoms with E-state index < -0.39 is 91.5 Å². The fourth-order valence-electron chi connectivity index (χ4n) is 13.6. The van der Waals surface area contributed by atoms with Crippen LogP contribution in [0.3, 0.4) is 0 Å². The molecule has 680 valence electrons. The molecule has 0 bridgehead atoms. The SMILES string of the molecule is CCCC/C=C\CCCCCCCC(=O)OC(COC(=O)CCCCCCCCCCCCCCCCCCCCC/C=C\C/C=C\C/C=C\C/C=C\CCCCC)COP(=O)(O)OCC(O)COP(=O)(O)OCC(O)COC(=O)CCCCCCCCCCCCCCCCCCCCC/C=C\C/C=C\C/C=C\C/C=C\CCCCC. The van der Waals surface area contributed by atoms with Crippen LogP contribution in [-0.2, 0) is 55.8 Å². The maximum Gasteiger partial charge on any atom is 0.472 e. The summed E-state index contributed by atoms with van der Waals surface area (Å²) in [6.07, 6.45) is 112. The maximum atomic E-state index is 13.0. The first-order valence-corrected chi connectivity index (χ1v) is 51.2. The van der Waals surface area contributed by atoms with Crippen LogP contribution >= 0.6 is 15.6 Å². The molecule has 0 aliphatic rings. The molecule has 0 spiro atoms. The molecule has 0 aliphatic heterocycles. The number of unbranched alkanes of at least 4 members (excludes halogenated alkanes) is 51. The number of hydrogen-bond donors (Lipinski definition) is 4. The highest BCUT2D eigenvalue weighted by atomic mass is 31.2. The van der Waals surface area contributed by atoms with Crippen LogP contribution in [-0.4, -0.2) is 95.9 Å². The monoisotopic (exact) mass is 1690 g/mol. The number of phosphoric ester groups is 2. The Hall–Kier alpha value is -3.79. The molecule has 0 aromatic rings. The summed E-state index contributed by atoms with van der Waals surface area (Å²) in [5, 5.41) is 20.7. The zero-order valence-electron chi connectivity index (χ0n) is 75.1. The first-order valence-electron chi connectivity index (χ1n) is 48.2. The first kappa shape index (κ1) is 113. The standard InChI is InChI=1S/C99H178O16P2/c1-4-7-10-13-16-19-22-24-26-28-30-32-34-36-38-40-42-44-46-48-50-52-54-56-58-60-62-64-66-68-71-73-76-79-82-85-97(102)109-88-94(100)89-111-116(105,106)112-90-95(101)91-113-117(107,108)114-93-96(115-99(104)87-84-81-78-75-70-21-18-15-12-9-6-3)92-110-98(103)86-83-80-77-74-72-69-67-65-63-61-59-57-55-53-51-49-47-45-43-41-39-37-35-33-31-29-27-25-23-20-17-14-11-8-5-2/h15-20,24-27,30-33,36-39,94-96,100-101H,4-14,21-23,28-29,34-35,40-93H2,1-3H3,(H,105,106)(H,107,108)/b18-15-,19-16-,20-17-,26-24-,27-25-,32-30-,33-31-,38-36-,39-37-. The van der Waals surface area contributed by atoms with E-state index in [9.17, 15) is 43.5 Å². The van der Waals surface area contributed by atoms with Gasteiger partial charge in [0.25, 0.3) is 0 Å². The van der Waals surface area contributed by atoms with E-state index in [2.05, 4.69) is 130 Å². The number of aliphatic hydroxyl groups excluding tert-OH is 2. The molecule has 4 N–H and O–H groups in total. The minimum atomic E-state index is -4.93. The van der Waals surface area contributed by atoms with Crippen molar-refractivity contribution in [2.45, 2.75) is 463 Å². The number of carbonyl (C=O) groups is 3. The largest absolute Gasteiger partial charge is 0.472 e. The number of carbonyl (C=O) groups excluding carboxylic acids is 3. The fourth-order valence-corrected chi connectivity index (χ4v) is 15.2. The molecule has 0 amide bonds. The average Bonchev–Trinajstić information content (AvgIpc) is 0.898. The third-order valence-electron chi connectivity index (χ3n) is 20.9. The first-order chi connectivity index (χ1) is 57.2. The molecule has 5 unspecified atom stereocenters. The summed E-state index contributed by atoms with van der Waals surface area (Å²) in [6, 6.07) is 0. The molecule has 16 nitrogen and oxygen atoms in total. The van der Waals surface area contributed by atoms with Gasteiger partial charge in [-0.15, -0.1) is 0 Å². The van der Waals surface area contributed by atoms with Crippen molar-refractivity contribution < 1.29 is 75.8 Å². The molecular weight excluding hydrogens is 1510 g/mol. The Morgan fingerprint density at radius 3 is 0.709 bits per heavy atom. The van der Waals surface area contributed by atoms with Crippen molar-refractivity contribution in [3.05, 3.63) is 109 Å². The summed E-state index contributed by atoms with van der Waals surface area (Å²) >= 11 is 0. The number of phosphoric acid groups is 2. The number of esters is 3. The predicted molar refractivity (Wildman–Crippen MR) is 491 cm³/mol. The van der Waals surface area contributed by atoms with Crippen LogP contribution in [0.1, 0.15) is 445 Å². The van der Waals surface area contributed by atoms with Gasteiger partial charge < -0.3 is 34.2 Å². The molecule has 0 saturated heterocycles. The number of allylic oxidation sites excluding steroid dienone is 18. The minimum absolute atomic E-state index is 0.0970. The van der Waals surface area contributed by atoms with Gasteiger partial charge in [0.2, 0.25) is 0 Å². The lowest BCUT2D eigenvalue weighted by Crippen LogP contribution is -2.30. The van der Waals surface area contributed by atoms with Gasteiger partial charge in [0.05, 0.1) is 26.4 Å². The molecule has 0 rings (SSSR count). The Balaban J connectivity index is 4.28. The van der Waals surface area contributed by atoms with E-state index in [-0.39, 0.29) is 19.3 Å². The molecule has 0 heterocycles. The normalized spacial score (nSPS) is 14.2. The number of hydrogen-bond acceptors (Lipinski definition) is 14. The zero-order valence-corrected chi connectivity index (χ0v) is 76.9.